The first-order valence-electron chi connectivity index (χ1n) is 9.72. The summed E-state index contributed by atoms with van der Waals surface area (Å²) < 4.78 is 29.4. The molecule has 0 unspecified atom stereocenters. The second-order valence-electron chi connectivity index (χ2n) is 7.29. The molecule has 0 bridgehead atoms. The molecule has 1 amide bonds. The first-order valence-corrected chi connectivity index (χ1v) is 11.5. The highest BCUT2D eigenvalue weighted by molar-refractivity contribution is 7.91. The van der Waals surface area contributed by atoms with Gasteiger partial charge >= 0.3 is 0 Å². The lowest BCUT2D eigenvalue weighted by molar-refractivity contribution is -0.384. The van der Waals surface area contributed by atoms with Crippen molar-refractivity contribution in [2.24, 2.45) is 0 Å². The summed E-state index contributed by atoms with van der Waals surface area (Å²) in [6, 6.07) is 13.0. The fraction of sp³-hybridized carbons (Fsp3) is 0.381. The zero-order chi connectivity index (χ0) is 21.7. The normalized spacial score (nSPS) is 17.4. The Morgan fingerprint density at radius 3 is 2.30 bits per heavy atom. The smallest absolute Gasteiger partial charge is 0.269 e. The van der Waals surface area contributed by atoms with Gasteiger partial charge in [-0.2, -0.15) is 0 Å². The monoisotopic (exact) mass is 432 g/mol. The van der Waals surface area contributed by atoms with Crippen molar-refractivity contribution in [3.05, 3.63) is 69.8 Å². The van der Waals surface area contributed by atoms with Crippen LogP contribution in [0.2, 0.25) is 0 Å². The highest BCUT2D eigenvalue weighted by Crippen LogP contribution is 2.22. The van der Waals surface area contributed by atoms with E-state index in [9.17, 15) is 23.3 Å². The molecule has 0 N–H and O–H groups in total. The van der Waals surface area contributed by atoms with E-state index in [1.165, 1.54) is 29.8 Å². The summed E-state index contributed by atoms with van der Waals surface area (Å²) in [5, 5.41) is 10.7. The van der Waals surface area contributed by atoms with Gasteiger partial charge < -0.3 is 9.64 Å². The summed E-state index contributed by atoms with van der Waals surface area (Å²) in [5.41, 5.74) is 2.03. The van der Waals surface area contributed by atoms with Crippen molar-refractivity contribution in [1.29, 1.82) is 0 Å². The average Bonchev–Trinajstić information content (AvgIpc) is 3.10. The minimum absolute atomic E-state index is 0.0523. The molecule has 1 aliphatic rings. The van der Waals surface area contributed by atoms with Crippen LogP contribution in [0.5, 0.6) is 5.75 Å². The van der Waals surface area contributed by atoms with E-state index in [2.05, 4.69) is 6.92 Å². The van der Waals surface area contributed by atoms with E-state index in [0.29, 0.717) is 18.7 Å². The Balaban J connectivity index is 1.71. The molecule has 1 fully saturated rings. The zero-order valence-corrected chi connectivity index (χ0v) is 17.5. The maximum atomic E-state index is 12.9. The fourth-order valence-electron chi connectivity index (χ4n) is 3.41. The minimum atomic E-state index is -3.16. The standard InChI is InChI=1S/C21H24N2O6S/c1-2-16-3-5-17(6-4-16)13-22(19-11-12-30(27,28)15-19)21(24)14-29-20-9-7-18(8-10-20)23(25)26/h3-10,19H,2,11-15H2,1H3/t19-/m0/s1. The predicted molar refractivity (Wildman–Crippen MR) is 112 cm³/mol. The van der Waals surface area contributed by atoms with Gasteiger partial charge in [0.1, 0.15) is 5.75 Å². The van der Waals surface area contributed by atoms with Crippen LogP contribution in [0.4, 0.5) is 5.69 Å². The highest BCUT2D eigenvalue weighted by atomic mass is 32.2. The predicted octanol–water partition coefficient (Wildman–Crippen LogP) is 2.75. The van der Waals surface area contributed by atoms with E-state index in [-0.39, 0.29) is 29.7 Å². The van der Waals surface area contributed by atoms with Crippen LogP contribution in [0.1, 0.15) is 24.5 Å². The fourth-order valence-corrected chi connectivity index (χ4v) is 5.14. The summed E-state index contributed by atoms with van der Waals surface area (Å²) >= 11 is 0. The number of ether oxygens (including phenoxy) is 1. The van der Waals surface area contributed by atoms with Gasteiger partial charge in [-0.1, -0.05) is 31.2 Å². The van der Waals surface area contributed by atoms with Gasteiger partial charge in [-0.15, -0.1) is 0 Å². The van der Waals surface area contributed by atoms with E-state index in [1.54, 1.807) is 4.90 Å². The first-order chi connectivity index (χ1) is 14.3. The molecule has 2 aromatic carbocycles. The van der Waals surface area contributed by atoms with Crippen molar-refractivity contribution in [1.82, 2.24) is 4.90 Å². The number of carbonyl (C=O) groups is 1. The van der Waals surface area contributed by atoms with Gasteiger partial charge in [0.25, 0.3) is 11.6 Å². The van der Waals surface area contributed by atoms with Crippen LogP contribution in [-0.2, 0) is 27.6 Å². The van der Waals surface area contributed by atoms with Crippen LogP contribution < -0.4 is 4.74 Å². The number of nitro groups is 1. The summed E-state index contributed by atoms with van der Waals surface area (Å²) in [7, 11) is -3.16. The Bertz CT molecular complexity index is 1000. The molecular weight excluding hydrogens is 408 g/mol. The third-order valence-corrected chi connectivity index (χ3v) is 6.91. The van der Waals surface area contributed by atoms with Crippen LogP contribution in [0.3, 0.4) is 0 Å². The van der Waals surface area contributed by atoms with Gasteiger partial charge in [0.2, 0.25) is 0 Å². The molecule has 1 saturated heterocycles. The van der Waals surface area contributed by atoms with Gasteiger partial charge in [-0.05, 0) is 36.1 Å². The number of rotatable bonds is 8. The van der Waals surface area contributed by atoms with Crippen LogP contribution >= 0.6 is 0 Å². The quantitative estimate of drug-likeness (QED) is 0.469. The molecular formula is C21H24N2O6S. The number of aryl methyl sites for hydroxylation is 1. The zero-order valence-electron chi connectivity index (χ0n) is 16.7. The lowest BCUT2D eigenvalue weighted by atomic mass is 10.1. The molecule has 0 aliphatic carbocycles. The molecule has 3 rings (SSSR count). The van der Waals surface area contributed by atoms with Crippen molar-refractivity contribution < 1.29 is 22.9 Å². The molecule has 0 spiro atoms. The van der Waals surface area contributed by atoms with Crippen molar-refractivity contribution in [3.8, 4) is 5.75 Å². The summed E-state index contributed by atoms with van der Waals surface area (Å²) in [6.45, 7) is 2.08. The van der Waals surface area contributed by atoms with Crippen LogP contribution in [0, 0.1) is 10.1 Å². The Kier molecular flexibility index (Phi) is 6.71. The number of amides is 1. The number of benzene rings is 2. The molecule has 1 aliphatic heterocycles. The molecule has 0 saturated carbocycles. The summed E-state index contributed by atoms with van der Waals surface area (Å²) in [6.07, 6.45) is 1.31. The van der Waals surface area contributed by atoms with Crippen molar-refractivity contribution >= 4 is 21.4 Å². The van der Waals surface area contributed by atoms with Crippen molar-refractivity contribution in [3.63, 3.8) is 0 Å². The third kappa shape index (κ3) is 5.56. The molecule has 0 aromatic heterocycles. The lowest BCUT2D eigenvalue weighted by Gasteiger charge is -2.28. The number of hydrogen-bond acceptors (Lipinski definition) is 6. The Morgan fingerprint density at radius 2 is 1.77 bits per heavy atom. The van der Waals surface area contributed by atoms with Crippen LogP contribution in [-0.4, -0.2) is 48.3 Å². The Labute approximate surface area is 175 Å². The van der Waals surface area contributed by atoms with Gasteiger partial charge in [0.15, 0.2) is 16.4 Å². The summed E-state index contributed by atoms with van der Waals surface area (Å²) in [4.78, 5) is 24.7. The van der Waals surface area contributed by atoms with E-state index in [0.717, 1.165) is 12.0 Å². The largest absolute Gasteiger partial charge is 0.484 e. The van der Waals surface area contributed by atoms with E-state index in [1.807, 2.05) is 24.3 Å². The molecule has 2 aromatic rings. The number of sulfone groups is 1. The number of carbonyl (C=O) groups excluding carboxylic acids is 1. The molecule has 0 radical (unpaired) electrons. The molecule has 1 heterocycles. The topological polar surface area (TPSA) is 107 Å². The van der Waals surface area contributed by atoms with Crippen LogP contribution in [0.15, 0.2) is 48.5 Å². The van der Waals surface area contributed by atoms with Gasteiger partial charge in [0.05, 0.1) is 16.4 Å². The van der Waals surface area contributed by atoms with Gasteiger partial charge in [-0.25, -0.2) is 8.42 Å². The lowest BCUT2D eigenvalue weighted by Crippen LogP contribution is -2.43. The molecule has 160 valence electrons. The van der Waals surface area contributed by atoms with Crippen LogP contribution in [0.25, 0.3) is 0 Å². The minimum Gasteiger partial charge on any atom is -0.484 e. The van der Waals surface area contributed by atoms with Gasteiger partial charge in [0, 0.05) is 24.7 Å². The molecule has 8 nitrogen and oxygen atoms in total. The van der Waals surface area contributed by atoms with Crippen molar-refractivity contribution in [2.45, 2.75) is 32.4 Å². The SMILES string of the molecule is CCc1ccc(CN(C(=O)COc2ccc([N+](=O)[O-])cc2)[C@H]2CCS(=O)(=O)C2)cc1. The number of nitro benzene ring substituents is 1. The van der Waals surface area contributed by atoms with E-state index >= 15 is 0 Å². The summed E-state index contributed by atoms with van der Waals surface area (Å²) in [5.74, 6) is 0.0261. The van der Waals surface area contributed by atoms with E-state index < -0.39 is 20.8 Å². The molecule has 30 heavy (non-hydrogen) atoms. The Morgan fingerprint density at radius 1 is 1.13 bits per heavy atom. The Hall–Kier alpha value is -2.94. The number of hydrogen-bond donors (Lipinski definition) is 0. The molecule has 9 heteroatoms. The maximum absolute atomic E-state index is 12.9. The average molecular weight is 432 g/mol. The second-order valence-corrected chi connectivity index (χ2v) is 9.52. The maximum Gasteiger partial charge on any atom is 0.269 e. The number of nitrogens with zero attached hydrogens (tertiary/aromatic N) is 2. The third-order valence-electron chi connectivity index (χ3n) is 5.16. The first kappa shape index (κ1) is 21.8. The van der Waals surface area contributed by atoms with E-state index in [4.69, 9.17) is 4.74 Å². The number of non-ortho nitro benzene ring substituents is 1. The second kappa shape index (κ2) is 9.25. The molecule has 1 atom stereocenters. The van der Waals surface area contributed by atoms with Gasteiger partial charge in [-0.3, -0.25) is 14.9 Å². The van der Waals surface area contributed by atoms with Crippen molar-refractivity contribution in [2.75, 3.05) is 18.1 Å². The highest BCUT2D eigenvalue weighted by Gasteiger charge is 2.34.